The van der Waals surface area contributed by atoms with Crippen LogP contribution in [-0.2, 0) is 0 Å². The standard InChI is InChI=1S/C25H27F3N6O/c1-14-8-19(26)20(32-23(35)34-7-6-24(13-34)4-5-25(27,28)12-24)10-17(14)18-9-16-11-30-22(29-3)33-21(16)31-15(18)2/h8-11H,4-7,12-13H2,1-3H3,(H,32,35)(H,29,30,31,33). The number of alkyl halides is 2. The lowest BCUT2D eigenvalue weighted by molar-refractivity contribution is -0.00270. The predicted octanol–water partition coefficient (Wildman–Crippen LogP) is 5.53. The number of benzene rings is 1. The van der Waals surface area contributed by atoms with Crippen molar-refractivity contribution in [2.75, 3.05) is 30.8 Å². The van der Waals surface area contributed by atoms with E-state index >= 15 is 0 Å². The highest BCUT2D eigenvalue weighted by atomic mass is 19.3. The van der Waals surface area contributed by atoms with Crippen LogP contribution in [0.1, 0.15) is 36.9 Å². The van der Waals surface area contributed by atoms with E-state index in [1.54, 1.807) is 26.2 Å². The first-order valence-electron chi connectivity index (χ1n) is 11.6. The zero-order chi connectivity index (χ0) is 25.0. The molecule has 3 aromatic rings. The zero-order valence-electron chi connectivity index (χ0n) is 19.9. The Hall–Kier alpha value is -3.43. The Kier molecular flexibility index (Phi) is 5.56. The van der Waals surface area contributed by atoms with Gasteiger partial charge in [-0.15, -0.1) is 0 Å². The number of urea groups is 1. The number of hydrogen-bond donors (Lipinski definition) is 2. The molecule has 1 saturated carbocycles. The van der Waals surface area contributed by atoms with Crippen molar-refractivity contribution in [3.8, 4) is 11.1 Å². The Labute approximate surface area is 201 Å². The molecule has 35 heavy (non-hydrogen) atoms. The van der Waals surface area contributed by atoms with Crippen molar-refractivity contribution in [2.24, 2.45) is 5.41 Å². The van der Waals surface area contributed by atoms with Crippen LogP contribution < -0.4 is 10.6 Å². The second-order valence-electron chi connectivity index (χ2n) is 9.76. The van der Waals surface area contributed by atoms with E-state index in [1.807, 2.05) is 13.0 Å². The van der Waals surface area contributed by atoms with Gasteiger partial charge in [-0.05, 0) is 61.4 Å². The predicted molar refractivity (Wildman–Crippen MR) is 128 cm³/mol. The Balaban J connectivity index is 1.41. The first-order chi connectivity index (χ1) is 16.6. The molecular formula is C25H27F3N6O. The van der Waals surface area contributed by atoms with E-state index in [0.717, 1.165) is 16.5 Å². The van der Waals surface area contributed by atoms with Crippen LogP contribution in [0.3, 0.4) is 0 Å². The molecule has 0 bridgehead atoms. The van der Waals surface area contributed by atoms with Crippen LogP contribution in [0.25, 0.3) is 22.2 Å². The lowest BCUT2D eigenvalue weighted by atomic mass is 9.85. The third-order valence-corrected chi connectivity index (χ3v) is 7.21. The summed E-state index contributed by atoms with van der Waals surface area (Å²) in [7, 11) is 1.73. The smallest absolute Gasteiger partial charge is 0.321 e. The molecule has 1 aliphatic heterocycles. The lowest BCUT2D eigenvalue weighted by Crippen LogP contribution is -2.35. The summed E-state index contributed by atoms with van der Waals surface area (Å²) >= 11 is 0. The summed E-state index contributed by atoms with van der Waals surface area (Å²) in [6, 6.07) is 4.38. The van der Waals surface area contributed by atoms with E-state index in [1.165, 1.54) is 11.0 Å². The maximum atomic E-state index is 14.9. The number of aryl methyl sites for hydroxylation is 2. The number of likely N-dealkylation sites (tertiary alicyclic amines) is 1. The summed E-state index contributed by atoms with van der Waals surface area (Å²) in [4.78, 5) is 27.6. The molecule has 3 heterocycles. The molecule has 10 heteroatoms. The largest absolute Gasteiger partial charge is 0.357 e. The fraction of sp³-hybridized carbons (Fsp3) is 0.440. The van der Waals surface area contributed by atoms with Gasteiger partial charge in [0.1, 0.15) is 5.82 Å². The molecule has 2 N–H and O–H groups in total. The van der Waals surface area contributed by atoms with Crippen molar-refractivity contribution >= 4 is 28.7 Å². The number of carbonyl (C=O) groups excluding carboxylic acids is 1. The van der Waals surface area contributed by atoms with Crippen LogP contribution >= 0.6 is 0 Å². The van der Waals surface area contributed by atoms with Gasteiger partial charge in [0.05, 0.1) is 5.69 Å². The molecule has 2 aliphatic rings. The highest BCUT2D eigenvalue weighted by Gasteiger charge is 2.52. The van der Waals surface area contributed by atoms with Crippen molar-refractivity contribution in [1.82, 2.24) is 19.9 Å². The number of halogens is 3. The quantitative estimate of drug-likeness (QED) is 0.511. The van der Waals surface area contributed by atoms with Crippen LogP contribution in [0, 0.1) is 25.1 Å². The minimum absolute atomic E-state index is 0.0366. The van der Waals surface area contributed by atoms with Crippen molar-refractivity contribution in [3.63, 3.8) is 0 Å². The van der Waals surface area contributed by atoms with Crippen molar-refractivity contribution in [3.05, 3.63) is 41.5 Å². The molecule has 184 valence electrons. The average molecular weight is 485 g/mol. The van der Waals surface area contributed by atoms with Crippen LogP contribution in [0.4, 0.5) is 29.6 Å². The van der Waals surface area contributed by atoms with E-state index in [2.05, 4.69) is 25.6 Å². The number of carbonyl (C=O) groups is 1. The van der Waals surface area contributed by atoms with Gasteiger partial charge in [-0.3, -0.25) is 0 Å². The second kappa shape index (κ2) is 8.35. The van der Waals surface area contributed by atoms with E-state index in [-0.39, 0.29) is 25.1 Å². The molecule has 1 spiro atoms. The highest BCUT2D eigenvalue weighted by Crippen LogP contribution is 2.52. The van der Waals surface area contributed by atoms with Gasteiger partial charge in [0.2, 0.25) is 11.9 Å². The minimum Gasteiger partial charge on any atom is -0.357 e. The average Bonchev–Trinajstić information content (AvgIpc) is 3.36. The number of nitrogens with zero attached hydrogens (tertiary/aromatic N) is 4. The Morgan fingerprint density at radius 2 is 1.89 bits per heavy atom. The summed E-state index contributed by atoms with van der Waals surface area (Å²) in [5, 5.41) is 6.27. The van der Waals surface area contributed by atoms with Crippen LogP contribution in [0.15, 0.2) is 24.4 Å². The molecule has 7 nitrogen and oxygen atoms in total. The van der Waals surface area contributed by atoms with Crippen molar-refractivity contribution < 1.29 is 18.0 Å². The number of fused-ring (bicyclic) bond motifs is 1. The zero-order valence-corrected chi connectivity index (χ0v) is 19.9. The van der Waals surface area contributed by atoms with Gasteiger partial charge in [0.15, 0.2) is 5.65 Å². The maximum absolute atomic E-state index is 14.9. The van der Waals surface area contributed by atoms with Gasteiger partial charge < -0.3 is 15.5 Å². The van der Waals surface area contributed by atoms with Gasteiger partial charge in [0.25, 0.3) is 0 Å². The molecule has 1 saturated heterocycles. The van der Waals surface area contributed by atoms with Gasteiger partial charge >= 0.3 is 6.03 Å². The molecule has 2 fully saturated rings. The Morgan fingerprint density at radius 1 is 1.09 bits per heavy atom. The van der Waals surface area contributed by atoms with E-state index in [9.17, 15) is 18.0 Å². The second-order valence-corrected chi connectivity index (χ2v) is 9.76. The number of nitrogens with one attached hydrogen (secondary N) is 2. The molecule has 0 radical (unpaired) electrons. The van der Waals surface area contributed by atoms with Crippen molar-refractivity contribution in [2.45, 2.75) is 45.5 Å². The summed E-state index contributed by atoms with van der Waals surface area (Å²) in [5.41, 5.74) is 2.92. The molecule has 1 atom stereocenters. The van der Waals surface area contributed by atoms with Gasteiger partial charge in [0, 0.05) is 55.8 Å². The number of rotatable bonds is 3. The summed E-state index contributed by atoms with van der Waals surface area (Å²) in [6.45, 7) is 4.28. The number of amides is 2. The molecule has 1 aromatic carbocycles. The molecule has 1 aliphatic carbocycles. The number of hydrogen-bond acceptors (Lipinski definition) is 5. The normalized spacial score (nSPS) is 21.1. The summed E-state index contributed by atoms with van der Waals surface area (Å²) in [5.74, 6) is -2.77. The van der Waals surface area contributed by atoms with Crippen LogP contribution in [0.5, 0.6) is 0 Å². The van der Waals surface area contributed by atoms with E-state index in [0.29, 0.717) is 42.2 Å². The topological polar surface area (TPSA) is 83.0 Å². The number of anilines is 2. The third-order valence-electron chi connectivity index (χ3n) is 7.21. The van der Waals surface area contributed by atoms with E-state index in [4.69, 9.17) is 0 Å². The van der Waals surface area contributed by atoms with E-state index < -0.39 is 23.2 Å². The Bertz CT molecular complexity index is 1330. The fourth-order valence-corrected chi connectivity index (χ4v) is 5.33. The molecular weight excluding hydrogens is 457 g/mol. The lowest BCUT2D eigenvalue weighted by Gasteiger charge is -2.24. The fourth-order valence-electron chi connectivity index (χ4n) is 5.33. The Morgan fingerprint density at radius 3 is 2.60 bits per heavy atom. The monoisotopic (exact) mass is 484 g/mol. The molecule has 2 amide bonds. The van der Waals surface area contributed by atoms with Gasteiger partial charge in [-0.1, -0.05) is 0 Å². The summed E-state index contributed by atoms with van der Waals surface area (Å²) in [6.07, 6.45) is 2.28. The first-order valence-corrected chi connectivity index (χ1v) is 11.6. The van der Waals surface area contributed by atoms with Crippen LogP contribution in [0.2, 0.25) is 0 Å². The van der Waals surface area contributed by atoms with Crippen LogP contribution in [-0.4, -0.2) is 51.9 Å². The maximum Gasteiger partial charge on any atom is 0.321 e. The third kappa shape index (κ3) is 4.37. The molecule has 2 aromatic heterocycles. The molecule has 1 unspecified atom stereocenters. The number of aromatic nitrogens is 3. The SMILES string of the molecule is CNc1ncc2cc(-c3cc(NC(=O)N4CCC5(CCC(F)(F)C5)C4)c(F)cc3C)c(C)nc2n1. The minimum atomic E-state index is -2.67. The van der Waals surface area contributed by atoms with Gasteiger partial charge in [-0.2, -0.15) is 4.98 Å². The number of pyridine rings is 1. The first kappa shape index (κ1) is 23.3. The van der Waals surface area contributed by atoms with Crippen molar-refractivity contribution in [1.29, 1.82) is 0 Å². The highest BCUT2D eigenvalue weighted by molar-refractivity contribution is 5.91. The molecule has 5 rings (SSSR count). The summed E-state index contributed by atoms with van der Waals surface area (Å²) < 4.78 is 42.4. The van der Waals surface area contributed by atoms with Gasteiger partial charge in [-0.25, -0.2) is 27.9 Å².